The SMILES string of the molecule is CCC1=Cc2c(-c3ccc(C(C)(C)C)cc3)cc(C)cc2[CH]1[Zr]([Cl])([Cl])([CH]1C(C(C)C)=Cc2c(-c3ccc(C(C)(C)C)cc3)cccc21)[SiH](C)C. The fraction of sp³-hybridized carbons (Fsp3) is 0.391. The molecular formula is C46H57Cl2SiZr. The molecule has 2 aliphatic rings. The van der Waals surface area contributed by atoms with Gasteiger partial charge in [-0.15, -0.1) is 0 Å². The van der Waals surface area contributed by atoms with Crippen molar-refractivity contribution in [1.29, 1.82) is 0 Å². The Kier molecular flexibility index (Phi) is 9.95. The Morgan fingerprint density at radius 3 is 1.68 bits per heavy atom. The summed E-state index contributed by atoms with van der Waals surface area (Å²) in [5.74, 6) is -1.32. The number of halogens is 2. The second-order valence-corrected chi connectivity index (χ2v) is 60.4. The number of aryl methyl sites for hydroxylation is 1. The van der Waals surface area contributed by atoms with Gasteiger partial charge in [-0.25, -0.2) is 0 Å². The number of rotatable bonds is 7. The van der Waals surface area contributed by atoms with E-state index in [2.05, 4.69) is 173 Å². The van der Waals surface area contributed by atoms with E-state index in [-0.39, 0.29) is 18.1 Å². The molecule has 0 heterocycles. The summed E-state index contributed by atoms with van der Waals surface area (Å²) in [6.07, 6.45) is 5.94. The molecule has 2 aliphatic carbocycles. The summed E-state index contributed by atoms with van der Waals surface area (Å²) < 4.78 is 0.169. The van der Waals surface area contributed by atoms with E-state index < -0.39 is 21.5 Å². The van der Waals surface area contributed by atoms with Crippen molar-refractivity contribution in [2.24, 2.45) is 5.92 Å². The van der Waals surface area contributed by atoms with E-state index >= 15 is 0 Å². The van der Waals surface area contributed by atoms with Crippen LogP contribution in [0.15, 0.2) is 90.0 Å². The van der Waals surface area contributed by atoms with Crippen molar-refractivity contribution < 1.29 is 15.6 Å². The van der Waals surface area contributed by atoms with Crippen LogP contribution in [0.25, 0.3) is 34.4 Å². The average Bonchev–Trinajstić information content (AvgIpc) is 3.64. The topological polar surface area (TPSA) is 0 Å². The molecule has 0 bridgehead atoms. The van der Waals surface area contributed by atoms with Gasteiger partial charge in [0.25, 0.3) is 0 Å². The van der Waals surface area contributed by atoms with E-state index in [1.165, 1.54) is 72.3 Å². The standard InChI is InChI=1S/2C22H25.C2H7Si.2ClH.Zr/c1-15(2)18-13-17-7-6-8-20(21(17)14-18)16-9-11-19(12-10-16)22(3,4)5;1-6-16-13-18-11-15(2)12-20(21(18)14-16)17-7-9-19(10-8-17)22(3,4)5;1-3-2;;;/h6-15H,1-5H3;7-14H,6H2,1-5H3;3H,1-2H3;2*1H;/q;;;;;+2/p-2. The van der Waals surface area contributed by atoms with E-state index in [9.17, 15) is 0 Å². The van der Waals surface area contributed by atoms with Gasteiger partial charge < -0.3 is 0 Å². The Morgan fingerprint density at radius 2 is 1.20 bits per heavy atom. The zero-order valence-electron chi connectivity index (χ0n) is 32.4. The first kappa shape index (κ1) is 37.8. The number of allylic oxidation sites excluding steroid dienone is 2. The molecule has 0 nitrogen and oxygen atoms in total. The van der Waals surface area contributed by atoms with Gasteiger partial charge in [0, 0.05) is 0 Å². The fourth-order valence-electron chi connectivity index (χ4n) is 8.82. The van der Waals surface area contributed by atoms with Crippen LogP contribution in [-0.2, 0) is 26.4 Å². The van der Waals surface area contributed by atoms with E-state index in [1.807, 2.05) is 0 Å². The molecule has 0 saturated heterocycles. The Balaban J connectivity index is 1.56. The zero-order chi connectivity index (χ0) is 36.6. The van der Waals surface area contributed by atoms with Gasteiger partial charge in [0.2, 0.25) is 0 Å². The first-order valence-corrected chi connectivity index (χ1v) is 35.1. The van der Waals surface area contributed by atoms with Gasteiger partial charge in [0.05, 0.1) is 0 Å². The zero-order valence-corrected chi connectivity index (χ0v) is 37.6. The van der Waals surface area contributed by atoms with Crippen LogP contribution in [0.5, 0.6) is 0 Å². The molecule has 50 heavy (non-hydrogen) atoms. The third-order valence-electron chi connectivity index (χ3n) is 11.9. The summed E-state index contributed by atoms with van der Waals surface area (Å²) in [6.45, 7) is 27.8. The molecule has 0 spiro atoms. The summed E-state index contributed by atoms with van der Waals surface area (Å²) in [5, 5.41) is 0. The monoisotopic (exact) mass is 797 g/mol. The summed E-state index contributed by atoms with van der Waals surface area (Å²) in [7, 11) is 17.5. The molecule has 0 saturated carbocycles. The van der Waals surface area contributed by atoms with Gasteiger partial charge in [-0.05, 0) is 0 Å². The number of benzene rings is 4. The van der Waals surface area contributed by atoms with Crippen LogP contribution < -0.4 is 0 Å². The summed E-state index contributed by atoms with van der Waals surface area (Å²) in [6, 6.07) is 30.2. The van der Waals surface area contributed by atoms with Crippen molar-refractivity contribution in [3.63, 3.8) is 0 Å². The van der Waals surface area contributed by atoms with Gasteiger partial charge in [0.1, 0.15) is 0 Å². The van der Waals surface area contributed by atoms with Gasteiger partial charge in [-0.1, -0.05) is 0 Å². The molecule has 263 valence electrons. The maximum absolute atomic E-state index is 8.76. The normalized spacial score (nSPS) is 18.5. The van der Waals surface area contributed by atoms with Gasteiger partial charge >= 0.3 is 315 Å². The van der Waals surface area contributed by atoms with Gasteiger partial charge in [0.15, 0.2) is 0 Å². The van der Waals surface area contributed by atoms with Crippen LogP contribution in [0.1, 0.15) is 115 Å². The molecule has 0 amide bonds. The Morgan fingerprint density at radius 1 is 0.680 bits per heavy atom. The molecule has 4 heteroatoms. The molecule has 4 aromatic rings. The predicted octanol–water partition coefficient (Wildman–Crippen LogP) is 14.5. The third-order valence-corrected chi connectivity index (χ3v) is 63.6. The Bertz CT molecular complexity index is 2000. The second-order valence-electron chi connectivity index (χ2n) is 17.9. The van der Waals surface area contributed by atoms with Crippen molar-refractivity contribution in [3.05, 3.63) is 129 Å². The molecule has 0 aromatic heterocycles. The molecule has 2 atom stereocenters. The predicted molar refractivity (Wildman–Crippen MR) is 223 cm³/mol. The minimum absolute atomic E-state index is 0.0798. The van der Waals surface area contributed by atoms with E-state index in [0.29, 0.717) is 5.92 Å². The van der Waals surface area contributed by atoms with Crippen LogP contribution in [0.4, 0.5) is 0 Å². The van der Waals surface area contributed by atoms with Crippen molar-refractivity contribution in [3.8, 4) is 22.3 Å². The molecule has 0 fully saturated rings. The summed E-state index contributed by atoms with van der Waals surface area (Å²) in [4.78, 5) is 0. The first-order chi connectivity index (χ1) is 23.3. The van der Waals surface area contributed by atoms with E-state index in [4.69, 9.17) is 17.0 Å². The molecule has 2 unspecified atom stereocenters. The fourth-order valence-corrected chi connectivity index (χ4v) is 40.4. The Labute approximate surface area is 312 Å². The Hall–Kier alpha value is -1.96. The molecule has 0 aliphatic heterocycles. The van der Waals surface area contributed by atoms with Crippen molar-refractivity contribution in [1.82, 2.24) is 0 Å². The summed E-state index contributed by atoms with van der Waals surface area (Å²) in [5.41, 5.74) is 17.6. The minimum atomic E-state index is -4.88. The van der Waals surface area contributed by atoms with Crippen LogP contribution in [0.2, 0.25) is 13.1 Å². The molecule has 0 N–H and O–H groups in total. The number of fused-ring (bicyclic) bond motifs is 2. The van der Waals surface area contributed by atoms with Crippen LogP contribution in [0.3, 0.4) is 0 Å². The number of hydrogen-bond donors (Lipinski definition) is 0. The van der Waals surface area contributed by atoms with Crippen LogP contribution in [-0.4, -0.2) is 5.92 Å². The van der Waals surface area contributed by atoms with Crippen molar-refractivity contribution in [2.45, 2.75) is 107 Å². The summed E-state index contributed by atoms with van der Waals surface area (Å²) >= 11 is -4.88. The van der Waals surface area contributed by atoms with Gasteiger partial charge in [-0.3, -0.25) is 0 Å². The molecule has 4 aromatic carbocycles. The average molecular weight is 800 g/mol. The van der Waals surface area contributed by atoms with Crippen LogP contribution in [0, 0.1) is 12.8 Å². The molecular weight excluding hydrogens is 743 g/mol. The number of hydrogen-bond acceptors (Lipinski definition) is 0. The quantitative estimate of drug-likeness (QED) is 0.163. The second kappa shape index (κ2) is 13.2. The van der Waals surface area contributed by atoms with Crippen molar-refractivity contribution >= 4 is 35.1 Å². The van der Waals surface area contributed by atoms with Crippen LogP contribution >= 0.6 is 17.0 Å². The molecule has 0 radical (unpaired) electrons. The van der Waals surface area contributed by atoms with Crippen molar-refractivity contribution in [2.75, 3.05) is 0 Å². The molecule has 6 rings (SSSR count). The van der Waals surface area contributed by atoms with E-state index in [1.54, 1.807) is 0 Å². The van der Waals surface area contributed by atoms with Gasteiger partial charge in [-0.2, -0.15) is 0 Å². The third kappa shape index (κ3) is 6.27. The first-order valence-electron chi connectivity index (χ1n) is 18.8. The van der Waals surface area contributed by atoms with E-state index in [0.717, 1.165) is 6.42 Å². The maximum atomic E-state index is 8.76.